The molecule has 4 aromatic rings. The van der Waals surface area contributed by atoms with Crippen LogP contribution in [0.5, 0.6) is 0 Å². The van der Waals surface area contributed by atoms with Gasteiger partial charge in [-0.3, -0.25) is 0 Å². The third-order valence-electron chi connectivity index (χ3n) is 4.25. The van der Waals surface area contributed by atoms with E-state index in [0.29, 0.717) is 39.3 Å². The summed E-state index contributed by atoms with van der Waals surface area (Å²) in [7, 11) is 0. The molecule has 0 atom stereocenters. The highest BCUT2D eigenvalue weighted by Crippen LogP contribution is 2.33. The van der Waals surface area contributed by atoms with Crippen molar-refractivity contribution in [3.63, 3.8) is 0 Å². The summed E-state index contributed by atoms with van der Waals surface area (Å²) in [6, 6.07) is 15.1. The maximum absolute atomic E-state index is 6.41. The Balaban J connectivity index is 1.57. The van der Waals surface area contributed by atoms with Crippen LogP contribution < -0.4 is 0 Å². The molecule has 0 radical (unpaired) electrons. The van der Waals surface area contributed by atoms with Crippen molar-refractivity contribution >= 4 is 35.0 Å². The fourth-order valence-corrected chi connectivity index (χ4v) is 4.21. The molecule has 0 aliphatic heterocycles. The van der Waals surface area contributed by atoms with Gasteiger partial charge in [0.05, 0.1) is 10.8 Å². The van der Waals surface area contributed by atoms with Crippen molar-refractivity contribution in [3.05, 3.63) is 64.5 Å². The van der Waals surface area contributed by atoms with Crippen molar-refractivity contribution in [3.8, 4) is 22.8 Å². The lowest BCUT2D eigenvalue weighted by Crippen LogP contribution is -2.08. The molecule has 2 aromatic carbocycles. The van der Waals surface area contributed by atoms with Gasteiger partial charge in [0, 0.05) is 22.7 Å². The molecule has 0 spiro atoms. The molecule has 30 heavy (non-hydrogen) atoms. The molecule has 0 bridgehead atoms. The Hall–Kier alpha value is -2.35. The second-order valence-electron chi connectivity index (χ2n) is 7.09. The number of benzene rings is 2. The van der Waals surface area contributed by atoms with Gasteiger partial charge >= 0.3 is 0 Å². The quantitative estimate of drug-likeness (QED) is 0.304. The molecule has 0 unspecified atom stereocenters. The maximum atomic E-state index is 6.41. The van der Waals surface area contributed by atoms with Crippen LogP contribution in [-0.2, 0) is 12.3 Å². The Morgan fingerprint density at radius 3 is 2.53 bits per heavy atom. The zero-order valence-electron chi connectivity index (χ0n) is 16.4. The zero-order chi connectivity index (χ0) is 21.1. The minimum absolute atomic E-state index is 0.401. The van der Waals surface area contributed by atoms with Crippen molar-refractivity contribution in [2.75, 3.05) is 0 Å². The minimum atomic E-state index is 0.401. The second-order valence-corrected chi connectivity index (χ2v) is 8.88. The summed E-state index contributed by atoms with van der Waals surface area (Å²) in [5.41, 5.74) is 1.69. The first-order chi connectivity index (χ1) is 14.5. The van der Waals surface area contributed by atoms with Crippen LogP contribution in [0, 0.1) is 5.92 Å². The van der Waals surface area contributed by atoms with Crippen LogP contribution in [0.25, 0.3) is 22.8 Å². The van der Waals surface area contributed by atoms with Crippen molar-refractivity contribution in [2.24, 2.45) is 5.92 Å². The molecule has 0 aliphatic rings. The molecule has 4 rings (SSSR count). The van der Waals surface area contributed by atoms with Crippen molar-refractivity contribution in [1.29, 1.82) is 0 Å². The van der Waals surface area contributed by atoms with E-state index in [1.165, 1.54) is 11.8 Å². The number of thioether (sulfide) groups is 1. The number of hydrogen-bond acceptors (Lipinski definition) is 6. The van der Waals surface area contributed by atoms with Crippen LogP contribution in [0.1, 0.15) is 19.7 Å². The molecule has 6 nitrogen and oxygen atoms in total. The molecule has 0 saturated carbocycles. The number of aromatic nitrogens is 5. The zero-order valence-corrected chi connectivity index (χ0v) is 18.7. The third kappa shape index (κ3) is 4.69. The van der Waals surface area contributed by atoms with E-state index in [1.807, 2.05) is 36.4 Å². The average molecular weight is 460 g/mol. The highest BCUT2D eigenvalue weighted by atomic mass is 35.5. The van der Waals surface area contributed by atoms with Crippen LogP contribution >= 0.6 is 35.0 Å². The SMILES string of the molecule is CC(C)Cn1c(SCc2nnc(-c3ccccc3)o2)nnc1-c1ccc(Cl)cc1Cl. The molecule has 0 N–H and O–H groups in total. The van der Waals surface area contributed by atoms with Gasteiger partial charge in [-0.05, 0) is 36.2 Å². The predicted octanol–water partition coefficient (Wildman–Crippen LogP) is 6.25. The van der Waals surface area contributed by atoms with Gasteiger partial charge in [-0.15, -0.1) is 20.4 Å². The Morgan fingerprint density at radius 1 is 1.00 bits per heavy atom. The van der Waals surface area contributed by atoms with E-state index in [1.54, 1.807) is 12.1 Å². The summed E-state index contributed by atoms with van der Waals surface area (Å²) >= 11 is 14.0. The smallest absolute Gasteiger partial charge is 0.247 e. The van der Waals surface area contributed by atoms with E-state index in [0.717, 1.165) is 22.8 Å². The molecule has 0 amide bonds. The fraction of sp³-hybridized carbons (Fsp3) is 0.238. The maximum Gasteiger partial charge on any atom is 0.247 e. The molecule has 2 heterocycles. The van der Waals surface area contributed by atoms with E-state index in [2.05, 4.69) is 38.8 Å². The van der Waals surface area contributed by atoms with E-state index in [9.17, 15) is 0 Å². The van der Waals surface area contributed by atoms with Gasteiger partial charge < -0.3 is 8.98 Å². The molecule has 0 fully saturated rings. The topological polar surface area (TPSA) is 69.6 Å². The first-order valence-electron chi connectivity index (χ1n) is 9.40. The van der Waals surface area contributed by atoms with Crippen molar-refractivity contribution in [1.82, 2.24) is 25.0 Å². The Morgan fingerprint density at radius 2 is 1.80 bits per heavy atom. The molecule has 9 heteroatoms. The second kappa shape index (κ2) is 9.20. The normalized spacial score (nSPS) is 11.4. The van der Waals surface area contributed by atoms with E-state index < -0.39 is 0 Å². The van der Waals surface area contributed by atoms with Gasteiger partial charge in [-0.2, -0.15) is 0 Å². The Kier molecular flexibility index (Phi) is 6.41. The van der Waals surface area contributed by atoms with Crippen LogP contribution in [-0.4, -0.2) is 25.0 Å². The molecule has 2 aromatic heterocycles. The lowest BCUT2D eigenvalue weighted by atomic mass is 10.2. The summed E-state index contributed by atoms with van der Waals surface area (Å²) in [6.45, 7) is 5.04. The lowest BCUT2D eigenvalue weighted by Gasteiger charge is -2.13. The van der Waals surface area contributed by atoms with Gasteiger partial charge in [0.25, 0.3) is 0 Å². The van der Waals surface area contributed by atoms with E-state index >= 15 is 0 Å². The number of hydrogen-bond donors (Lipinski definition) is 0. The number of halogens is 2. The summed E-state index contributed by atoms with van der Waals surface area (Å²) in [5.74, 6) is 2.64. The van der Waals surface area contributed by atoms with E-state index in [4.69, 9.17) is 27.6 Å². The highest BCUT2D eigenvalue weighted by Gasteiger charge is 2.19. The highest BCUT2D eigenvalue weighted by molar-refractivity contribution is 7.98. The van der Waals surface area contributed by atoms with Gasteiger partial charge in [-0.25, -0.2) is 0 Å². The van der Waals surface area contributed by atoms with Crippen LogP contribution in [0.3, 0.4) is 0 Å². The summed E-state index contributed by atoms with van der Waals surface area (Å²) < 4.78 is 7.87. The molecule has 154 valence electrons. The minimum Gasteiger partial charge on any atom is -0.420 e. The summed E-state index contributed by atoms with van der Waals surface area (Å²) in [6.07, 6.45) is 0. The molecule has 0 saturated heterocycles. The van der Waals surface area contributed by atoms with Gasteiger partial charge in [0.1, 0.15) is 0 Å². The Labute approximate surface area is 188 Å². The monoisotopic (exact) mass is 459 g/mol. The van der Waals surface area contributed by atoms with Crippen molar-refractivity contribution < 1.29 is 4.42 Å². The number of nitrogens with zero attached hydrogens (tertiary/aromatic N) is 5. The average Bonchev–Trinajstić information content (AvgIpc) is 3.34. The van der Waals surface area contributed by atoms with Gasteiger partial charge in [-0.1, -0.05) is 67.0 Å². The fourth-order valence-electron chi connectivity index (χ4n) is 2.93. The molecular weight excluding hydrogens is 441 g/mol. The summed E-state index contributed by atoms with van der Waals surface area (Å²) in [4.78, 5) is 0. The first kappa shape index (κ1) is 20.9. The first-order valence-corrected chi connectivity index (χ1v) is 11.1. The standard InChI is InChI=1S/C21H19Cl2N5OS/c1-13(2)11-28-19(16-9-8-15(22)10-17(16)23)25-27-21(28)30-12-18-24-26-20(29-18)14-6-4-3-5-7-14/h3-10,13H,11-12H2,1-2H3. The Bertz CT molecular complexity index is 1140. The van der Waals surface area contributed by atoms with Crippen molar-refractivity contribution in [2.45, 2.75) is 31.3 Å². The van der Waals surface area contributed by atoms with Crippen LogP contribution in [0.2, 0.25) is 10.0 Å². The van der Waals surface area contributed by atoms with Gasteiger partial charge in [0.2, 0.25) is 11.8 Å². The van der Waals surface area contributed by atoms with Gasteiger partial charge in [0.15, 0.2) is 11.0 Å². The largest absolute Gasteiger partial charge is 0.420 e. The molecular formula is C21H19Cl2N5OS. The molecule has 0 aliphatic carbocycles. The van der Waals surface area contributed by atoms with Crippen LogP contribution in [0.4, 0.5) is 0 Å². The van der Waals surface area contributed by atoms with Crippen LogP contribution in [0.15, 0.2) is 58.1 Å². The number of rotatable bonds is 7. The predicted molar refractivity (Wildman–Crippen MR) is 120 cm³/mol. The third-order valence-corrected chi connectivity index (χ3v) is 5.75. The lowest BCUT2D eigenvalue weighted by molar-refractivity contribution is 0.497. The summed E-state index contributed by atoms with van der Waals surface area (Å²) in [5, 5.41) is 19.0. The van der Waals surface area contributed by atoms with E-state index in [-0.39, 0.29) is 0 Å².